The lowest BCUT2D eigenvalue weighted by atomic mass is 10.1. The number of hydrogen-bond acceptors (Lipinski definition) is 6. The molecule has 7 nitrogen and oxygen atoms in total. The SMILES string of the molecule is CCCc1[o+]c(C)cc2cc(OC)c(OC)cc12.[O-][Cl+3]([O-])([O-])[O-]. The number of benzene rings is 1. The second kappa shape index (κ2) is 8.28. The zero-order valence-electron chi connectivity index (χ0n) is 13.4. The van der Waals surface area contributed by atoms with E-state index in [4.69, 9.17) is 32.5 Å². The first-order valence-corrected chi connectivity index (χ1v) is 8.03. The van der Waals surface area contributed by atoms with Crippen molar-refractivity contribution >= 4 is 10.8 Å². The molecular weight excluding hydrogens is 328 g/mol. The fraction of sp³-hybridized carbons (Fsp3) is 0.400. The highest BCUT2D eigenvalue weighted by atomic mass is 35.7. The molecule has 0 amide bonds. The third-order valence-electron chi connectivity index (χ3n) is 2.98. The Morgan fingerprint density at radius 2 is 1.52 bits per heavy atom. The van der Waals surface area contributed by atoms with E-state index in [2.05, 4.69) is 6.92 Å². The van der Waals surface area contributed by atoms with Crippen LogP contribution in [0.3, 0.4) is 0 Å². The van der Waals surface area contributed by atoms with Crippen LogP contribution in [0.1, 0.15) is 24.9 Å². The molecule has 0 atom stereocenters. The zero-order chi connectivity index (χ0) is 17.6. The Morgan fingerprint density at radius 3 is 2.00 bits per heavy atom. The Hall–Kier alpha value is -1.64. The monoisotopic (exact) mass is 346 g/mol. The number of halogens is 1. The average Bonchev–Trinajstić information content (AvgIpc) is 2.44. The van der Waals surface area contributed by atoms with E-state index in [1.807, 2.05) is 25.1 Å². The van der Waals surface area contributed by atoms with Crippen molar-refractivity contribution < 1.29 is 42.8 Å². The molecule has 0 bridgehead atoms. The fourth-order valence-electron chi connectivity index (χ4n) is 2.17. The van der Waals surface area contributed by atoms with Crippen LogP contribution in [0.4, 0.5) is 0 Å². The van der Waals surface area contributed by atoms with Gasteiger partial charge in [0.1, 0.15) is 0 Å². The quantitative estimate of drug-likeness (QED) is 0.666. The van der Waals surface area contributed by atoms with Gasteiger partial charge < -0.3 is 9.47 Å². The minimum Gasteiger partial charge on any atom is -0.493 e. The van der Waals surface area contributed by atoms with Crippen LogP contribution in [0.2, 0.25) is 0 Å². The summed E-state index contributed by atoms with van der Waals surface area (Å²) < 4.78 is 50.4. The molecular formula is C15H19ClO7. The van der Waals surface area contributed by atoms with Crippen LogP contribution in [0.25, 0.3) is 10.8 Å². The standard InChI is InChI=1S/C15H19O3.ClHO4/c1-5-6-13-12-9-15(17-4)14(16-3)8-11(12)7-10(2)18-13;2-1(3,4)5/h7-9H,5-6H2,1-4H3;(H,2,3,4,5)/q+1;/p-1. The molecule has 128 valence electrons. The van der Waals surface area contributed by atoms with E-state index >= 15 is 0 Å². The summed E-state index contributed by atoms with van der Waals surface area (Å²) in [5.74, 6) is 3.41. The average molecular weight is 347 g/mol. The molecule has 1 aromatic heterocycles. The maximum absolute atomic E-state index is 8.49. The third kappa shape index (κ3) is 6.17. The summed E-state index contributed by atoms with van der Waals surface area (Å²) in [5.41, 5.74) is 0. The molecule has 0 spiro atoms. The maximum atomic E-state index is 8.49. The van der Waals surface area contributed by atoms with Gasteiger partial charge in [0.25, 0.3) is 0 Å². The van der Waals surface area contributed by atoms with Gasteiger partial charge in [-0.3, -0.25) is 0 Å². The van der Waals surface area contributed by atoms with E-state index in [9.17, 15) is 0 Å². The molecule has 2 rings (SSSR count). The van der Waals surface area contributed by atoms with Gasteiger partial charge in [-0.05, 0) is 12.5 Å². The van der Waals surface area contributed by atoms with Gasteiger partial charge in [0.2, 0.25) is 0 Å². The lowest BCUT2D eigenvalue weighted by molar-refractivity contribution is -2.00. The van der Waals surface area contributed by atoms with E-state index in [1.165, 1.54) is 0 Å². The number of aryl methyl sites for hydroxylation is 2. The molecule has 0 saturated carbocycles. The molecule has 8 heteroatoms. The van der Waals surface area contributed by atoms with Gasteiger partial charge in [0.05, 0.1) is 33.0 Å². The summed E-state index contributed by atoms with van der Waals surface area (Å²) >= 11 is 0. The van der Waals surface area contributed by atoms with Gasteiger partial charge in [-0.15, -0.1) is 10.2 Å². The Morgan fingerprint density at radius 1 is 1.00 bits per heavy atom. The molecule has 2 aromatic rings. The second-order valence-electron chi connectivity index (χ2n) is 4.70. The van der Waals surface area contributed by atoms with Crippen LogP contribution in [0.15, 0.2) is 22.6 Å². The molecule has 0 N–H and O–H groups in total. The van der Waals surface area contributed by atoms with E-state index in [1.54, 1.807) is 14.2 Å². The first-order chi connectivity index (χ1) is 10.7. The van der Waals surface area contributed by atoms with E-state index in [-0.39, 0.29) is 0 Å². The van der Waals surface area contributed by atoms with Gasteiger partial charge >= 0.3 is 11.5 Å². The summed E-state index contributed by atoms with van der Waals surface area (Å²) in [7, 11) is -1.65. The predicted octanol–water partition coefficient (Wildman–Crippen LogP) is -0.764. The lowest BCUT2D eigenvalue weighted by Crippen LogP contribution is -2.68. The molecule has 0 aliphatic heterocycles. The summed E-state index contributed by atoms with van der Waals surface area (Å²) in [6.45, 7) is 4.11. The first kappa shape index (κ1) is 19.4. The summed E-state index contributed by atoms with van der Waals surface area (Å²) in [4.78, 5) is 0. The van der Waals surface area contributed by atoms with Crippen LogP contribution in [0.5, 0.6) is 11.5 Å². The third-order valence-corrected chi connectivity index (χ3v) is 2.98. The summed E-state index contributed by atoms with van der Waals surface area (Å²) in [5, 5.41) is 2.22. The highest BCUT2D eigenvalue weighted by molar-refractivity contribution is 5.87. The molecule has 0 saturated heterocycles. The van der Waals surface area contributed by atoms with Crippen LogP contribution in [0, 0.1) is 17.2 Å². The van der Waals surface area contributed by atoms with Gasteiger partial charge in [0, 0.05) is 17.5 Å². The number of hydrogen-bond donors (Lipinski definition) is 0. The van der Waals surface area contributed by atoms with E-state index in [0.717, 1.165) is 46.6 Å². The van der Waals surface area contributed by atoms with Gasteiger partial charge in [-0.2, -0.15) is 0 Å². The van der Waals surface area contributed by atoms with Crippen molar-refractivity contribution in [3.8, 4) is 11.5 Å². The highest BCUT2D eigenvalue weighted by Crippen LogP contribution is 2.34. The molecule has 0 aliphatic rings. The minimum absolute atomic E-state index is 0.737. The maximum Gasteiger partial charge on any atom is 0.337 e. The molecule has 0 radical (unpaired) electrons. The van der Waals surface area contributed by atoms with Crippen molar-refractivity contribution in [2.24, 2.45) is 0 Å². The molecule has 0 fully saturated rings. The number of ether oxygens (including phenoxy) is 2. The second-order valence-corrected chi connectivity index (χ2v) is 5.46. The summed E-state index contributed by atoms with van der Waals surface area (Å²) in [6, 6.07) is 6.01. The van der Waals surface area contributed by atoms with Crippen molar-refractivity contribution in [2.75, 3.05) is 14.2 Å². The Kier molecular flexibility index (Phi) is 6.99. The van der Waals surface area contributed by atoms with Crippen molar-refractivity contribution in [3.05, 3.63) is 29.7 Å². The minimum atomic E-state index is -4.94. The Bertz CT molecular complexity index is 646. The van der Waals surface area contributed by atoms with Gasteiger partial charge in [0.15, 0.2) is 11.5 Å². The topological polar surface area (TPSA) is 122 Å². The predicted molar refractivity (Wildman–Crippen MR) is 72.5 cm³/mol. The zero-order valence-corrected chi connectivity index (χ0v) is 14.1. The fourth-order valence-corrected chi connectivity index (χ4v) is 2.17. The Balaban J connectivity index is 0.000000463. The van der Waals surface area contributed by atoms with Crippen molar-refractivity contribution in [1.82, 2.24) is 0 Å². The van der Waals surface area contributed by atoms with Crippen molar-refractivity contribution in [1.29, 1.82) is 0 Å². The highest BCUT2D eigenvalue weighted by Gasteiger charge is 2.18. The first-order valence-electron chi connectivity index (χ1n) is 6.79. The number of methoxy groups -OCH3 is 2. The van der Waals surface area contributed by atoms with Gasteiger partial charge in [-0.1, -0.05) is 6.92 Å². The lowest BCUT2D eigenvalue weighted by Gasteiger charge is -2.17. The van der Waals surface area contributed by atoms with E-state index < -0.39 is 10.2 Å². The number of fused-ring (bicyclic) bond motifs is 1. The van der Waals surface area contributed by atoms with E-state index in [0.29, 0.717) is 0 Å². The smallest absolute Gasteiger partial charge is 0.337 e. The summed E-state index contributed by atoms with van der Waals surface area (Å²) in [6.07, 6.45) is 1.98. The molecule has 0 unspecified atom stereocenters. The van der Waals surface area contributed by atoms with Crippen LogP contribution >= 0.6 is 0 Å². The number of rotatable bonds is 4. The van der Waals surface area contributed by atoms with Crippen LogP contribution < -0.4 is 28.1 Å². The van der Waals surface area contributed by atoms with Crippen LogP contribution in [-0.4, -0.2) is 14.2 Å². The molecule has 23 heavy (non-hydrogen) atoms. The van der Waals surface area contributed by atoms with Crippen molar-refractivity contribution in [3.63, 3.8) is 0 Å². The normalized spacial score (nSPS) is 11.0. The van der Waals surface area contributed by atoms with Crippen LogP contribution in [-0.2, 0) is 6.42 Å². The van der Waals surface area contributed by atoms with Gasteiger partial charge in [-0.25, -0.2) is 23.1 Å². The Labute approximate surface area is 136 Å². The molecule has 1 aromatic carbocycles. The molecule has 0 aliphatic carbocycles. The van der Waals surface area contributed by atoms with Crippen molar-refractivity contribution in [2.45, 2.75) is 26.7 Å². The largest absolute Gasteiger partial charge is 0.493 e. The molecule has 1 heterocycles.